The Labute approximate surface area is 113 Å². The minimum absolute atomic E-state index is 0.0901. The van der Waals surface area contributed by atoms with Crippen LogP contribution >= 0.6 is 0 Å². The summed E-state index contributed by atoms with van der Waals surface area (Å²) in [4.78, 5) is 35.7. The number of hydrogen-bond donors (Lipinski definition) is 0. The van der Waals surface area contributed by atoms with Gasteiger partial charge in [0.15, 0.2) is 5.92 Å². The second-order valence-electron chi connectivity index (χ2n) is 5.16. The van der Waals surface area contributed by atoms with Crippen molar-refractivity contribution in [3.63, 3.8) is 0 Å². The predicted molar refractivity (Wildman–Crippen MR) is 68.3 cm³/mol. The first-order valence-corrected chi connectivity index (χ1v) is 6.79. The highest BCUT2D eigenvalue weighted by molar-refractivity contribution is 5.97. The normalized spacial score (nSPS) is 23.3. The van der Waals surface area contributed by atoms with Gasteiger partial charge in [-0.2, -0.15) is 0 Å². The first-order chi connectivity index (χ1) is 8.94. The van der Waals surface area contributed by atoms with Crippen LogP contribution in [0.25, 0.3) is 0 Å². The molecule has 0 saturated heterocycles. The lowest BCUT2D eigenvalue weighted by Crippen LogP contribution is -2.44. The van der Waals surface area contributed by atoms with Crippen molar-refractivity contribution in [1.29, 1.82) is 0 Å². The monoisotopic (exact) mass is 270 g/mol. The molecular weight excluding hydrogens is 248 g/mol. The number of hydrogen-bond acceptors (Lipinski definition) is 5. The van der Waals surface area contributed by atoms with E-state index in [0.29, 0.717) is 19.3 Å². The molecule has 108 valence electrons. The SMILES string of the molecule is CCOC(=O)C(C(=O)OCC)C1(C)CCCC(=O)C1. The van der Waals surface area contributed by atoms with Gasteiger partial charge < -0.3 is 9.47 Å². The summed E-state index contributed by atoms with van der Waals surface area (Å²) < 4.78 is 9.95. The topological polar surface area (TPSA) is 69.7 Å². The van der Waals surface area contributed by atoms with Crippen LogP contribution in [0.1, 0.15) is 46.5 Å². The van der Waals surface area contributed by atoms with Crippen LogP contribution < -0.4 is 0 Å². The zero-order chi connectivity index (χ0) is 14.5. The van der Waals surface area contributed by atoms with Crippen molar-refractivity contribution in [1.82, 2.24) is 0 Å². The summed E-state index contributed by atoms with van der Waals surface area (Å²) in [7, 11) is 0. The van der Waals surface area contributed by atoms with Crippen molar-refractivity contribution in [2.24, 2.45) is 11.3 Å². The standard InChI is InChI=1S/C14H22O5/c1-4-18-12(16)11(13(17)19-5-2)14(3)8-6-7-10(15)9-14/h11H,4-9H2,1-3H3. The summed E-state index contributed by atoms with van der Waals surface area (Å²) in [6.07, 6.45) is 2.11. The summed E-state index contributed by atoms with van der Waals surface area (Å²) in [6, 6.07) is 0. The van der Waals surface area contributed by atoms with E-state index in [1.54, 1.807) is 20.8 Å². The van der Waals surface area contributed by atoms with E-state index in [9.17, 15) is 14.4 Å². The van der Waals surface area contributed by atoms with Crippen LogP contribution in [0.15, 0.2) is 0 Å². The van der Waals surface area contributed by atoms with E-state index in [1.807, 2.05) is 0 Å². The van der Waals surface area contributed by atoms with E-state index < -0.39 is 23.3 Å². The highest BCUT2D eigenvalue weighted by Gasteiger charge is 2.48. The third kappa shape index (κ3) is 3.78. The third-order valence-corrected chi connectivity index (χ3v) is 3.55. The van der Waals surface area contributed by atoms with Gasteiger partial charge in [-0.05, 0) is 32.1 Å². The Morgan fingerprint density at radius 3 is 2.16 bits per heavy atom. The van der Waals surface area contributed by atoms with Crippen molar-refractivity contribution in [3.8, 4) is 0 Å². The molecule has 1 saturated carbocycles. The molecule has 1 fully saturated rings. The van der Waals surface area contributed by atoms with Crippen molar-refractivity contribution in [3.05, 3.63) is 0 Å². The highest BCUT2D eigenvalue weighted by atomic mass is 16.6. The Morgan fingerprint density at radius 1 is 1.21 bits per heavy atom. The molecule has 0 spiro atoms. The average Bonchev–Trinajstić information content (AvgIpc) is 2.28. The number of rotatable bonds is 5. The van der Waals surface area contributed by atoms with Gasteiger partial charge in [0.2, 0.25) is 0 Å². The Balaban J connectivity index is 2.97. The largest absolute Gasteiger partial charge is 0.465 e. The maximum absolute atomic E-state index is 12.0. The first-order valence-electron chi connectivity index (χ1n) is 6.79. The van der Waals surface area contributed by atoms with E-state index in [0.717, 1.165) is 0 Å². The van der Waals surface area contributed by atoms with Gasteiger partial charge in [-0.25, -0.2) is 0 Å². The molecule has 1 rings (SSSR count). The average molecular weight is 270 g/mol. The molecule has 0 heterocycles. The lowest BCUT2D eigenvalue weighted by atomic mass is 9.66. The van der Waals surface area contributed by atoms with E-state index >= 15 is 0 Å². The fourth-order valence-electron chi connectivity index (χ4n) is 2.68. The van der Waals surface area contributed by atoms with Crippen LogP contribution in [0.4, 0.5) is 0 Å². The molecule has 0 amide bonds. The smallest absolute Gasteiger partial charge is 0.320 e. The Kier molecular flexibility index (Phi) is 5.51. The van der Waals surface area contributed by atoms with E-state index in [4.69, 9.17) is 9.47 Å². The zero-order valence-corrected chi connectivity index (χ0v) is 11.9. The Morgan fingerprint density at radius 2 is 1.74 bits per heavy atom. The second-order valence-corrected chi connectivity index (χ2v) is 5.16. The predicted octanol–water partition coefficient (Wildman–Crippen LogP) is 1.88. The van der Waals surface area contributed by atoms with Gasteiger partial charge in [0.25, 0.3) is 0 Å². The molecule has 19 heavy (non-hydrogen) atoms. The van der Waals surface area contributed by atoms with Crippen molar-refractivity contribution < 1.29 is 23.9 Å². The summed E-state index contributed by atoms with van der Waals surface area (Å²) >= 11 is 0. The van der Waals surface area contributed by atoms with Gasteiger partial charge in [0, 0.05) is 12.8 Å². The molecule has 5 heteroatoms. The summed E-state index contributed by atoms with van der Waals surface area (Å²) in [6.45, 7) is 5.59. The molecule has 0 bridgehead atoms. The first kappa shape index (κ1) is 15.7. The minimum atomic E-state index is -1.00. The number of ketones is 1. The molecular formula is C14H22O5. The van der Waals surface area contributed by atoms with Crippen molar-refractivity contribution in [2.75, 3.05) is 13.2 Å². The zero-order valence-electron chi connectivity index (χ0n) is 11.9. The number of carbonyl (C=O) groups excluding carboxylic acids is 3. The fraction of sp³-hybridized carbons (Fsp3) is 0.786. The van der Waals surface area contributed by atoms with Crippen LogP contribution in [-0.2, 0) is 23.9 Å². The quantitative estimate of drug-likeness (QED) is 0.563. The van der Waals surface area contributed by atoms with Gasteiger partial charge >= 0.3 is 11.9 Å². The number of Topliss-reactive ketones (excluding diaryl/α,β-unsaturated/α-hetero) is 1. The summed E-state index contributed by atoms with van der Waals surface area (Å²) in [5.41, 5.74) is -0.687. The number of esters is 2. The van der Waals surface area contributed by atoms with Crippen LogP contribution in [0.3, 0.4) is 0 Å². The van der Waals surface area contributed by atoms with Gasteiger partial charge in [0.1, 0.15) is 5.78 Å². The van der Waals surface area contributed by atoms with E-state index in [-0.39, 0.29) is 25.4 Å². The molecule has 0 N–H and O–H groups in total. The summed E-state index contributed by atoms with van der Waals surface area (Å²) in [5, 5.41) is 0. The molecule has 0 aromatic rings. The Hall–Kier alpha value is -1.39. The fourth-order valence-corrected chi connectivity index (χ4v) is 2.68. The van der Waals surface area contributed by atoms with Crippen molar-refractivity contribution in [2.45, 2.75) is 46.5 Å². The van der Waals surface area contributed by atoms with Crippen LogP contribution in [0, 0.1) is 11.3 Å². The van der Waals surface area contributed by atoms with Gasteiger partial charge in [-0.3, -0.25) is 14.4 Å². The molecule has 0 aromatic heterocycles. The lowest BCUT2D eigenvalue weighted by molar-refractivity contribution is -0.169. The maximum atomic E-state index is 12.0. The molecule has 0 aliphatic heterocycles. The molecule has 1 aliphatic carbocycles. The number of carbonyl (C=O) groups is 3. The molecule has 5 nitrogen and oxygen atoms in total. The third-order valence-electron chi connectivity index (χ3n) is 3.55. The minimum Gasteiger partial charge on any atom is -0.465 e. The molecule has 1 aliphatic rings. The van der Waals surface area contributed by atoms with Gasteiger partial charge in [-0.1, -0.05) is 6.92 Å². The molecule has 1 unspecified atom stereocenters. The van der Waals surface area contributed by atoms with Crippen LogP contribution in [0.5, 0.6) is 0 Å². The Bertz CT molecular complexity index is 345. The molecule has 0 aromatic carbocycles. The lowest BCUT2D eigenvalue weighted by Gasteiger charge is -2.37. The molecule has 0 radical (unpaired) electrons. The molecule has 1 atom stereocenters. The van der Waals surface area contributed by atoms with E-state index in [2.05, 4.69) is 0 Å². The van der Waals surface area contributed by atoms with Crippen LogP contribution in [-0.4, -0.2) is 30.9 Å². The summed E-state index contributed by atoms with van der Waals surface area (Å²) in [5.74, 6) is -2.08. The maximum Gasteiger partial charge on any atom is 0.320 e. The second kappa shape index (κ2) is 6.68. The van der Waals surface area contributed by atoms with E-state index in [1.165, 1.54) is 0 Å². The van der Waals surface area contributed by atoms with Gasteiger partial charge in [0.05, 0.1) is 13.2 Å². The van der Waals surface area contributed by atoms with Gasteiger partial charge in [-0.15, -0.1) is 0 Å². The number of ether oxygens (including phenoxy) is 2. The van der Waals surface area contributed by atoms with Crippen molar-refractivity contribution >= 4 is 17.7 Å². The highest BCUT2D eigenvalue weighted by Crippen LogP contribution is 2.42. The van der Waals surface area contributed by atoms with Crippen LogP contribution in [0.2, 0.25) is 0 Å².